The van der Waals surface area contributed by atoms with Crippen LogP contribution in [0.15, 0.2) is 0 Å². The molecule has 0 radical (unpaired) electrons. The number of carbonyl (C=O) groups is 2. The first kappa shape index (κ1) is 13.3. The summed E-state index contributed by atoms with van der Waals surface area (Å²) in [5.74, 6) is -0.985. The molecule has 16 heavy (non-hydrogen) atoms. The van der Waals surface area contributed by atoms with Crippen molar-refractivity contribution in [2.45, 2.75) is 25.5 Å². The van der Waals surface area contributed by atoms with Gasteiger partial charge in [0.1, 0.15) is 6.04 Å². The average Bonchev–Trinajstić information content (AvgIpc) is 2.71. The van der Waals surface area contributed by atoms with E-state index in [1.165, 1.54) is 12.0 Å². The van der Waals surface area contributed by atoms with Gasteiger partial charge in [0, 0.05) is 31.7 Å². The monoisotopic (exact) mass is 247 g/mol. The van der Waals surface area contributed by atoms with Crippen molar-refractivity contribution in [1.29, 1.82) is 0 Å². The van der Waals surface area contributed by atoms with E-state index in [4.69, 9.17) is 9.84 Å². The smallest absolute Gasteiger partial charge is 0.326 e. The van der Waals surface area contributed by atoms with E-state index in [0.29, 0.717) is 18.7 Å². The summed E-state index contributed by atoms with van der Waals surface area (Å²) in [4.78, 5) is 24.3. The van der Waals surface area contributed by atoms with Gasteiger partial charge in [0.2, 0.25) is 5.91 Å². The summed E-state index contributed by atoms with van der Waals surface area (Å²) in [7, 11) is 1.53. The largest absolute Gasteiger partial charge is 0.480 e. The van der Waals surface area contributed by atoms with Crippen molar-refractivity contribution < 1.29 is 19.4 Å². The Hall–Kier alpha value is -0.750. The van der Waals surface area contributed by atoms with Crippen LogP contribution in [0.1, 0.15) is 13.3 Å². The number of carboxylic acids is 1. The molecule has 1 aliphatic rings. The zero-order chi connectivity index (χ0) is 12.3. The van der Waals surface area contributed by atoms with Gasteiger partial charge in [-0.1, -0.05) is 6.92 Å². The third-order valence-electron chi connectivity index (χ3n) is 2.86. The predicted octanol–water partition coefficient (Wildman–Crippen LogP) is 0.253. The van der Waals surface area contributed by atoms with Crippen molar-refractivity contribution in [2.24, 2.45) is 5.92 Å². The average molecular weight is 247 g/mol. The Morgan fingerprint density at radius 1 is 1.62 bits per heavy atom. The first-order valence-corrected chi connectivity index (χ1v) is 5.81. The van der Waals surface area contributed by atoms with Crippen molar-refractivity contribution in [2.75, 3.05) is 19.4 Å². The topological polar surface area (TPSA) is 66.8 Å². The van der Waals surface area contributed by atoms with Crippen molar-refractivity contribution in [3.63, 3.8) is 0 Å². The lowest BCUT2D eigenvalue weighted by Crippen LogP contribution is -2.43. The zero-order valence-corrected chi connectivity index (χ0v) is 10.3. The number of methoxy groups -OCH3 is 1. The molecule has 3 atom stereocenters. The molecule has 0 aromatic carbocycles. The Bertz CT molecular complexity index is 284. The Morgan fingerprint density at radius 2 is 2.25 bits per heavy atom. The maximum atomic E-state index is 11.9. The number of aliphatic carboxylic acids is 1. The Kier molecular flexibility index (Phi) is 4.61. The number of carboxylic acid groups (broad SMARTS) is 1. The first-order chi connectivity index (χ1) is 7.51. The summed E-state index contributed by atoms with van der Waals surface area (Å²) < 4.78 is 5.11. The summed E-state index contributed by atoms with van der Waals surface area (Å²) in [6, 6.07) is -0.764. The van der Waals surface area contributed by atoms with E-state index in [-0.39, 0.29) is 17.9 Å². The molecular weight excluding hydrogens is 230 g/mol. The van der Waals surface area contributed by atoms with Crippen LogP contribution < -0.4 is 0 Å². The molecule has 2 unspecified atom stereocenters. The van der Waals surface area contributed by atoms with Crippen molar-refractivity contribution >= 4 is 24.5 Å². The second-order valence-corrected chi connectivity index (χ2v) is 4.39. The second kappa shape index (κ2) is 5.54. The van der Waals surface area contributed by atoms with Gasteiger partial charge < -0.3 is 14.7 Å². The molecule has 0 bridgehead atoms. The molecule has 0 aliphatic carbocycles. The normalized spacial score (nSPS) is 26.8. The second-order valence-electron chi connectivity index (χ2n) is 4.02. The first-order valence-electron chi connectivity index (χ1n) is 5.18. The van der Waals surface area contributed by atoms with Crippen LogP contribution in [0.2, 0.25) is 0 Å². The highest BCUT2D eigenvalue weighted by Crippen LogP contribution is 2.22. The van der Waals surface area contributed by atoms with Gasteiger partial charge in [-0.25, -0.2) is 4.79 Å². The molecule has 1 saturated heterocycles. The number of nitrogens with zero attached hydrogens (tertiary/aromatic N) is 1. The van der Waals surface area contributed by atoms with Crippen LogP contribution in [0.5, 0.6) is 0 Å². The maximum Gasteiger partial charge on any atom is 0.326 e. The van der Waals surface area contributed by atoms with Crippen LogP contribution in [-0.4, -0.2) is 53.4 Å². The molecule has 5 nitrogen and oxygen atoms in total. The zero-order valence-electron chi connectivity index (χ0n) is 9.42. The molecule has 1 N–H and O–H groups in total. The summed E-state index contributed by atoms with van der Waals surface area (Å²) in [5, 5.41) is 9.03. The highest BCUT2D eigenvalue weighted by molar-refractivity contribution is 7.80. The standard InChI is InChI=1S/C10H17NO4S/c1-6(5-16)9(12)11-4-7(15-2)3-8(11)10(13)14/h6-8,16H,3-5H2,1-2H3,(H,13,14)/t6?,7?,8-/m0/s1. The van der Waals surface area contributed by atoms with Gasteiger partial charge >= 0.3 is 5.97 Å². The number of thiol groups is 1. The van der Waals surface area contributed by atoms with Crippen LogP contribution in [0, 0.1) is 5.92 Å². The molecule has 0 aromatic heterocycles. The Morgan fingerprint density at radius 3 is 2.69 bits per heavy atom. The van der Waals surface area contributed by atoms with Gasteiger partial charge in [0.05, 0.1) is 6.10 Å². The number of carbonyl (C=O) groups excluding carboxylic acids is 1. The number of rotatable bonds is 4. The number of hydrogen-bond acceptors (Lipinski definition) is 4. The highest BCUT2D eigenvalue weighted by atomic mass is 32.1. The van der Waals surface area contributed by atoms with Crippen LogP contribution in [-0.2, 0) is 14.3 Å². The number of likely N-dealkylation sites (tertiary alicyclic amines) is 1. The lowest BCUT2D eigenvalue weighted by molar-refractivity contribution is -0.149. The minimum absolute atomic E-state index is 0.165. The molecule has 1 rings (SSSR count). The Labute approximate surface area is 100 Å². The number of ether oxygens (including phenoxy) is 1. The van der Waals surface area contributed by atoms with E-state index in [2.05, 4.69) is 12.6 Å². The highest BCUT2D eigenvalue weighted by Gasteiger charge is 2.40. The molecule has 0 aromatic rings. The van der Waals surface area contributed by atoms with E-state index in [9.17, 15) is 9.59 Å². The van der Waals surface area contributed by atoms with Crippen molar-refractivity contribution in [1.82, 2.24) is 4.90 Å². The van der Waals surface area contributed by atoms with Crippen LogP contribution in [0.25, 0.3) is 0 Å². The van der Waals surface area contributed by atoms with Gasteiger partial charge in [-0.3, -0.25) is 4.79 Å². The molecule has 92 valence electrons. The van der Waals surface area contributed by atoms with Crippen LogP contribution >= 0.6 is 12.6 Å². The van der Waals surface area contributed by atoms with E-state index < -0.39 is 12.0 Å². The minimum atomic E-state index is -0.973. The molecule has 6 heteroatoms. The lowest BCUT2D eigenvalue weighted by atomic mass is 10.1. The maximum absolute atomic E-state index is 11.9. The quantitative estimate of drug-likeness (QED) is 0.699. The predicted molar refractivity (Wildman–Crippen MR) is 61.6 cm³/mol. The molecular formula is C10H17NO4S. The fraction of sp³-hybridized carbons (Fsp3) is 0.800. The minimum Gasteiger partial charge on any atom is -0.480 e. The van der Waals surface area contributed by atoms with Gasteiger partial charge in [0.15, 0.2) is 0 Å². The number of amides is 1. The van der Waals surface area contributed by atoms with Gasteiger partial charge in [0.25, 0.3) is 0 Å². The van der Waals surface area contributed by atoms with E-state index in [1.54, 1.807) is 6.92 Å². The summed E-state index contributed by atoms with van der Waals surface area (Å²) in [6.07, 6.45) is 0.175. The fourth-order valence-electron chi connectivity index (χ4n) is 1.81. The van der Waals surface area contributed by atoms with Crippen LogP contribution in [0.4, 0.5) is 0 Å². The van der Waals surface area contributed by atoms with E-state index >= 15 is 0 Å². The van der Waals surface area contributed by atoms with Crippen molar-refractivity contribution in [3.05, 3.63) is 0 Å². The summed E-state index contributed by atoms with van der Waals surface area (Å²) in [5.41, 5.74) is 0. The molecule has 1 aliphatic heterocycles. The number of hydrogen-bond donors (Lipinski definition) is 2. The molecule has 0 saturated carbocycles. The third-order valence-corrected chi connectivity index (χ3v) is 3.41. The van der Waals surface area contributed by atoms with E-state index in [0.717, 1.165) is 0 Å². The fourth-order valence-corrected chi connectivity index (χ4v) is 1.96. The molecule has 1 fully saturated rings. The Balaban J connectivity index is 2.76. The third kappa shape index (κ3) is 2.68. The SMILES string of the molecule is COC1C[C@@H](C(=O)O)N(C(=O)C(C)CS)C1. The van der Waals surface area contributed by atoms with Gasteiger partial charge in [-0.2, -0.15) is 12.6 Å². The van der Waals surface area contributed by atoms with E-state index in [1.807, 2.05) is 0 Å². The van der Waals surface area contributed by atoms with Gasteiger partial charge in [-0.15, -0.1) is 0 Å². The molecule has 1 heterocycles. The summed E-state index contributed by atoms with van der Waals surface area (Å²) in [6.45, 7) is 2.10. The molecule has 1 amide bonds. The van der Waals surface area contributed by atoms with Crippen LogP contribution in [0.3, 0.4) is 0 Å². The van der Waals surface area contributed by atoms with Gasteiger partial charge in [-0.05, 0) is 0 Å². The lowest BCUT2D eigenvalue weighted by Gasteiger charge is -2.23. The van der Waals surface area contributed by atoms with Crippen molar-refractivity contribution in [3.8, 4) is 0 Å². The molecule has 0 spiro atoms. The summed E-state index contributed by atoms with van der Waals surface area (Å²) >= 11 is 4.05.